The van der Waals surface area contributed by atoms with Gasteiger partial charge in [-0.2, -0.15) is 0 Å². The number of benzene rings is 1. The third-order valence-corrected chi connectivity index (χ3v) is 5.75. The second-order valence-corrected chi connectivity index (χ2v) is 7.70. The summed E-state index contributed by atoms with van der Waals surface area (Å²) in [7, 11) is 0. The van der Waals surface area contributed by atoms with Crippen molar-refractivity contribution in [2.75, 3.05) is 0 Å². The fourth-order valence-corrected chi connectivity index (χ4v) is 4.12. The monoisotopic (exact) mass is 324 g/mol. The van der Waals surface area contributed by atoms with E-state index in [9.17, 15) is 0 Å². The Labute approximate surface area is 150 Å². The molecule has 1 fully saturated rings. The minimum absolute atomic E-state index is 0.969. The fourth-order valence-electron chi connectivity index (χ4n) is 4.12. The van der Waals surface area contributed by atoms with Crippen LogP contribution in [0.4, 0.5) is 0 Å². The molecule has 2 rings (SSSR count). The highest BCUT2D eigenvalue weighted by atomic mass is 14.3. The number of hydrogen-bond donors (Lipinski definition) is 0. The smallest absolute Gasteiger partial charge is 0.0245 e. The van der Waals surface area contributed by atoms with Gasteiger partial charge in [-0.05, 0) is 49.3 Å². The first-order valence-corrected chi connectivity index (χ1v) is 10.3. The van der Waals surface area contributed by atoms with E-state index in [1.165, 1.54) is 82.6 Å². The summed E-state index contributed by atoms with van der Waals surface area (Å²) >= 11 is 0. The molecule has 0 N–H and O–H groups in total. The van der Waals surface area contributed by atoms with E-state index in [1.54, 1.807) is 0 Å². The Kier molecular flexibility index (Phi) is 9.04. The van der Waals surface area contributed by atoms with Gasteiger partial charge >= 0.3 is 0 Å². The van der Waals surface area contributed by atoms with Gasteiger partial charge in [0.1, 0.15) is 0 Å². The summed E-state index contributed by atoms with van der Waals surface area (Å²) < 4.78 is 0. The van der Waals surface area contributed by atoms with Crippen LogP contribution >= 0.6 is 0 Å². The maximum Gasteiger partial charge on any atom is 0.0245 e. The van der Waals surface area contributed by atoms with Gasteiger partial charge in [0, 0.05) is 5.56 Å². The first kappa shape index (κ1) is 19.1. The Morgan fingerprint density at radius 2 is 1.46 bits per heavy atom. The zero-order valence-corrected chi connectivity index (χ0v) is 15.9. The second-order valence-electron chi connectivity index (χ2n) is 7.70. The van der Waals surface area contributed by atoms with Gasteiger partial charge < -0.3 is 0 Å². The highest BCUT2D eigenvalue weighted by Crippen LogP contribution is 2.34. The lowest BCUT2D eigenvalue weighted by molar-refractivity contribution is 0.248. The van der Waals surface area contributed by atoms with E-state index in [0.717, 1.165) is 17.4 Å². The van der Waals surface area contributed by atoms with Crippen LogP contribution in [-0.4, -0.2) is 0 Å². The van der Waals surface area contributed by atoms with E-state index in [-0.39, 0.29) is 0 Å². The number of hydrogen-bond acceptors (Lipinski definition) is 0. The summed E-state index contributed by atoms with van der Waals surface area (Å²) in [5.41, 5.74) is 2.62. The molecule has 0 heterocycles. The Morgan fingerprint density at radius 1 is 0.833 bits per heavy atom. The minimum Gasteiger partial charge on any atom is -0.101 e. The normalized spacial score (nSPS) is 20.4. The van der Waals surface area contributed by atoms with Gasteiger partial charge in [-0.25, -0.2) is 0 Å². The van der Waals surface area contributed by atoms with Crippen molar-refractivity contribution in [2.45, 2.75) is 90.9 Å². The Bertz CT molecular complexity index is 491. The molecular formula is C24H36. The number of rotatable bonds is 9. The van der Waals surface area contributed by atoms with Crippen LogP contribution in [0.5, 0.6) is 0 Å². The summed E-state index contributed by atoms with van der Waals surface area (Å²) in [6.07, 6.45) is 17.2. The molecular weight excluding hydrogens is 288 g/mol. The van der Waals surface area contributed by atoms with E-state index in [2.05, 4.69) is 43.0 Å². The van der Waals surface area contributed by atoms with Crippen LogP contribution < -0.4 is 0 Å². The lowest BCUT2D eigenvalue weighted by Crippen LogP contribution is -2.15. The molecule has 24 heavy (non-hydrogen) atoms. The predicted octanol–water partition coefficient (Wildman–Crippen LogP) is 7.16. The van der Waals surface area contributed by atoms with Gasteiger partial charge in [-0.1, -0.05) is 89.2 Å². The lowest BCUT2D eigenvalue weighted by atomic mass is 9.77. The molecule has 0 heteroatoms. The van der Waals surface area contributed by atoms with Crippen molar-refractivity contribution in [1.82, 2.24) is 0 Å². The Balaban J connectivity index is 1.59. The summed E-state index contributed by atoms with van der Waals surface area (Å²) in [6, 6.07) is 8.87. The van der Waals surface area contributed by atoms with Crippen LogP contribution in [0.2, 0.25) is 0 Å². The van der Waals surface area contributed by atoms with E-state index >= 15 is 0 Å². The van der Waals surface area contributed by atoms with Crippen molar-refractivity contribution >= 4 is 0 Å². The van der Waals surface area contributed by atoms with Crippen LogP contribution in [0, 0.1) is 23.7 Å². The van der Waals surface area contributed by atoms with Crippen LogP contribution in [0.1, 0.15) is 95.6 Å². The largest absolute Gasteiger partial charge is 0.101 e. The van der Waals surface area contributed by atoms with Gasteiger partial charge in [0.25, 0.3) is 0 Å². The molecule has 132 valence electrons. The molecule has 1 saturated carbocycles. The first-order chi connectivity index (χ1) is 11.8. The molecule has 0 aromatic heterocycles. The highest BCUT2D eigenvalue weighted by molar-refractivity contribution is 5.35. The molecule has 1 aromatic carbocycles. The third kappa shape index (κ3) is 7.12. The number of aryl methyl sites for hydroxylation is 1. The van der Waals surface area contributed by atoms with Crippen molar-refractivity contribution in [3.05, 3.63) is 35.4 Å². The molecule has 0 radical (unpaired) electrons. The first-order valence-electron chi connectivity index (χ1n) is 10.3. The average Bonchev–Trinajstić information content (AvgIpc) is 2.62. The minimum atomic E-state index is 0.969. The van der Waals surface area contributed by atoms with Crippen molar-refractivity contribution < 1.29 is 0 Å². The van der Waals surface area contributed by atoms with Crippen molar-refractivity contribution in [3.8, 4) is 11.8 Å². The maximum atomic E-state index is 3.12. The van der Waals surface area contributed by atoms with Gasteiger partial charge in [-0.15, -0.1) is 5.92 Å². The predicted molar refractivity (Wildman–Crippen MR) is 106 cm³/mol. The molecule has 0 bridgehead atoms. The van der Waals surface area contributed by atoms with E-state index < -0.39 is 0 Å². The highest BCUT2D eigenvalue weighted by Gasteiger charge is 2.20. The van der Waals surface area contributed by atoms with Crippen LogP contribution in [-0.2, 0) is 6.42 Å². The van der Waals surface area contributed by atoms with Gasteiger partial charge in [0.05, 0.1) is 0 Å². The van der Waals surface area contributed by atoms with Crippen molar-refractivity contribution in [3.63, 3.8) is 0 Å². The maximum absolute atomic E-state index is 3.12. The average molecular weight is 325 g/mol. The molecule has 0 saturated heterocycles. The van der Waals surface area contributed by atoms with Crippen LogP contribution in [0.25, 0.3) is 0 Å². The SMILES string of the molecule is CC#Cc1ccc(CC[C@H]2CC[C@H](CCCCCCC)CC2)cc1. The number of unbranched alkanes of at least 4 members (excludes halogenated alkanes) is 4. The third-order valence-electron chi connectivity index (χ3n) is 5.75. The molecule has 1 aromatic rings. The Hall–Kier alpha value is -1.22. The van der Waals surface area contributed by atoms with Gasteiger partial charge in [0.15, 0.2) is 0 Å². The van der Waals surface area contributed by atoms with Gasteiger partial charge in [0.2, 0.25) is 0 Å². The molecule has 0 nitrogen and oxygen atoms in total. The zero-order chi connectivity index (χ0) is 17.0. The molecule has 0 unspecified atom stereocenters. The molecule has 0 atom stereocenters. The molecule has 1 aliphatic carbocycles. The summed E-state index contributed by atoms with van der Waals surface area (Å²) in [5.74, 6) is 8.09. The summed E-state index contributed by atoms with van der Waals surface area (Å²) in [6.45, 7) is 4.20. The van der Waals surface area contributed by atoms with Crippen molar-refractivity contribution in [2.24, 2.45) is 11.8 Å². The second kappa shape index (κ2) is 11.4. The molecule has 0 aliphatic heterocycles. The Morgan fingerprint density at radius 3 is 2.08 bits per heavy atom. The quantitative estimate of drug-likeness (QED) is 0.334. The molecule has 1 aliphatic rings. The molecule has 0 spiro atoms. The standard InChI is InChI=1S/C24H36/c1-3-5-6-7-8-10-22-13-17-24(18-14-22)20-19-23-15-11-21(9-4-2)12-16-23/h11-12,15-16,22,24H,3,5-8,10,13-14,17-20H2,1-2H3/t22-,24-. The van der Waals surface area contributed by atoms with Crippen LogP contribution in [0.3, 0.4) is 0 Å². The lowest BCUT2D eigenvalue weighted by Gasteiger charge is -2.28. The fraction of sp³-hybridized carbons (Fsp3) is 0.667. The van der Waals surface area contributed by atoms with Gasteiger partial charge in [-0.3, -0.25) is 0 Å². The zero-order valence-electron chi connectivity index (χ0n) is 15.9. The van der Waals surface area contributed by atoms with E-state index in [0.29, 0.717) is 0 Å². The topological polar surface area (TPSA) is 0 Å². The summed E-state index contributed by atoms with van der Waals surface area (Å²) in [5, 5.41) is 0. The van der Waals surface area contributed by atoms with Crippen LogP contribution in [0.15, 0.2) is 24.3 Å². The van der Waals surface area contributed by atoms with E-state index in [1.807, 2.05) is 6.92 Å². The van der Waals surface area contributed by atoms with E-state index in [4.69, 9.17) is 0 Å². The summed E-state index contributed by atoms with van der Waals surface area (Å²) in [4.78, 5) is 0. The van der Waals surface area contributed by atoms with Crippen molar-refractivity contribution in [1.29, 1.82) is 0 Å². The molecule has 0 amide bonds.